The standard InChI is InChI=1S/C17H16N2O3S2/c1-4-21-17(20)11-9(3)24-15-12(14-8(2)5-6-23-14)10(7-18)16(19)22-13(11)15/h5-6,12H,4,19H2,1-3H3. The summed E-state index contributed by atoms with van der Waals surface area (Å²) in [4.78, 5) is 15.0. The number of carbonyl (C=O) groups is 1. The molecule has 0 saturated carbocycles. The number of nitrogens with zero attached hydrogens (tertiary/aromatic N) is 1. The summed E-state index contributed by atoms with van der Waals surface area (Å²) >= 11 is 3.02. The number of carbonyl (C=O) groups excluding carboxylic acids is 1. The molecule has 2 N–H and O–H groups in total. The van der Waals surface area contributed by atoms with E-state index in [9.17, 15) is 10.1 Å². The number of rotatable bonds is 3. The first-order valence-electron chi connectivity index (χ1n) is 7.41. The van der Waals surface area contributed by atoms with E-state index < -0.39 is 5.97 Å². The molecular weight excluding hydrogens is 344 g/mol. The van der Waals surface area contributed by atoms with Gasteiger partial charge in [-0.2, -0.15) is 5.26 Å². The van der Waals surface area contributed by atoms with E-state index in [0.29, 0.717) is 16.9 Å². The second kappa shape index (κ2) is 6.30. The summed E-state index contributed by atoms with van der Waals surface area (Å²) in [5.74, 6) is -0.260. The van der Waals surface area contributed by atoms with E-state index in [0.717, 1.165) is 20.2 Å². The van der Waals surface area contributed by atoms with Crippen molar-refractivity contribution in [2.75, 3.05) is 6.61 Å². The van der Waals surface area contributed by atoms with Crippen LogP contribution in [0.25, 0.3) is 0 Å². The Hall–Kier alpha value is -2.30. The Morgan fingerprint density at radius 2 is 2.21 bits per heavy atom. The van der Waals surface area contributed by atoms with Gasteiger partial charge in [0.25, 0.3) is 0 Å². The minimum absolute atomic E-state index is 0.0474. The van der Waals surface area contributed by atoms with Crippen LogP contribution >= 0.6 is 22.7 Å². The van der Waals surface area contributed by atoms with Crippen LogP contribution in [0, 0.1) is 25.2 Å². The van der Waals surface area contributed by atoms with E-state index in [1.54, 1.807) is 18.3 Å². The van der Waals surface area contributed by atoms with Gasteiger partial charge in [-0.15, -0.1) is 22.7 Å². The molecule has 0 aromatic carbocycles. The van der Waals surface area contributed by atoms with Gasteiger partial charge in [0.1, 0.15) is 17.2 Å². The molecule has 1 atom stereocenters. The third-order valence-corrected chi connectivity index (χ3v) is 6.09. The van der Waals surface area contributed by atoms with Crippen LogP contribution in [-0.4, -0.2) is 12.6 Å². The van der Waals surface area contributed by atoms with Crippen molar-refractivity contribution in [3.05, 3.63) is 48.7 Å². The Balaban J connectivity index is 2.22. The highest BCUT2D eigenvalue weighted by Gasteiger charge is 2.38. The maximum Gasteiger partial charge on any atom is 0.343 e. The molecular formula is C17H16N2O3S2. The summed E-state index contributed by atoms with van der Waals surface area (Å²) in [6, 6.07) is 4.18. The molecule has 124 valence electrons. The number of nitriles is 1. The molecule has 0 fully saturated rings. The van der Waals surface area contributed by atoms with Crippen molar-refractivity contribution in [1.29, 1.82) is 5.26 Å². The summed E-state index contributed by atoms with van der Waals surface area (Å²) < 4.78 is 10.8. The fourth-order valence-corrected chi connectivity index (χ4v) is 5.08. The average molecular weight is 360 g/mol. The number of ether oxygens (including phenoxy) is 2. The summed E-state index contributed by atoms with van der Waals surface area (Å²) in [5.41, 5.74) is 7.86. The highest BCUT2D eigenvalue weighted by Crippen LogP contribution is 2.50. The Morgan fingerprint density at radius 3 is 2.79 bits per heavy atom. The second-order valence-electron chi connectivity index (χ2n) is 5.34. The van der Waals surface area contributed by atoms with Gasteiger partial charge in [0, 0.05) is 9.75 Å². The number of hydrogen-bond donors (Lipinski definition) is 1. The van der Waals surface area contributed by atoms with E-state index in [4.69, 9.17) is 15.2 Å². The first-order valence-corrected chi connectivity index (χ1v) is 9.11. The van der Waals surface area contributed by atoms with Crippen molar-refractivity contribution >= 4 is 28.6 Å². The first kappa shape index (κ1) is 16.6. The van der Waals surface area contributed by atoms with E-state index in [1.807, 2.05) is 25.3 Å². The zero-order valence-electron chi connectivity index (χ0n) is 13.5. The molecule has 5 nitrogen and oxygen atoms in total. The summed E-state index contributed by atoms with van der Waals surface area (Å²) in [6.07, 6.45) is 0. The Labute approximate surface area is 147 Å². The molecule has 0 amide bonds. The van der Waals surface area contributed by atoms with Crippen molar-refractivity contribution in [2.45, 2.75) is 26.7 Å². The van der Waals surface area contributed by atoms with Crippen molar-refractivity contribution < 1.29 is 14.3 Å². The number of hydrogen-bond acceptors (Lipinski definition) is 7. The van der Waals surface area contributed by atoms with Crippen LogP contribution in [0.5, 0.6) is 5.75 Å². The minimum atomic E-state index is -0.428. The quantitative estimate of drug-likeness (QED) is 0.841. The third-order valence-electron chi connectivity index (χ3n) is 3.86. The van der Waals surface area contributed by atoms with E-state index in [2.05, 4.69) is 6.07 Å². The van der Waals surface area contributed by atoms with Crippen LogP contribution in [0.2, 0.25) is 0 Å². The van der Waals surface area contributed by atoms with Gasteiger partial charge in [0.2, 0.25) is 5.88 Å². The van der Waals surface area contributed by atoms with Gasteiger partial charge in [0.05, 0.1) is 17.4 Å². The van der Waals surface area contributed by atoms with Crippen molar-refractivity contribution in [3.63, 3.8) is 0 Å². The SMILES string of the molecule is CCOC(=O)c1c(C)sc2c1OC(N)=C(C#N)C2c1sccc1C. The lowest BCUT2D eigenvalue weighted by atomic mass is 9.92. The normalized spacial score (nSPS) is 16.3. The summed E-state index contributed by atoms with van der Waals surface area (Å²) in [7, 11) is 0. The van der Waals surface area contributed by atoms with Crippen LogP contribution in [0.15, 0.2) is 22.9 Å². The zero-order valence-corrected chi connectivity index (χ0v) is 15.1. The van der Waals surface area contributed by atoms with E-state index >= 15 is 0 Å². The van der Waals surface area contributed by atoms with Gasteiger partial charge < -0.3 is 15.2 Å². The number of nitrogens with two attached hydrogens (primary N) is 1. The molecule has 7 heteroatoms. The van der Waals surface area contributed by atoms with Crippen LogP contribution in [-0.2, 0) is 4.74 Å². The Morgan fingerprint density at radius 1 is 1.46 bits per heavy atom. The van der Waals surface area contributed by atoms with Gasteiger partial charge >= 0.3 is 5.97 Å². The van der Waals surface area contributed by atoms with Gasteiger partial charge in [0.15, 0.2) is 5.75 Å². The molecule has 1 aliphatic heterocycles. The first-order chi connectivity index (χ1) is 11.5. The molecule has 2 aromatic heterocycles. The van der Waals surface area contributed by atoms with Crippen LogP contribution < -0.4 is 10.5 Å². The molecule has 0 bridgehead atoms. The maximum atomic E-state index is 12.3. The third kappa shape index (κ3) is 2.48. The predicted molar refractivity (Wildman–Crippen MR) is 93.4 cm³/mol. The fourth-order valence-electron chi connectivity index (χ4n) is 2.76. The Kier molecular flexibility index (Phi) is 4.35. The molecule has 3 rings (SSSR count). The maximum absolute atomic E-state index is 12.3. The molecule has 0 aliphatic carbocycles. The van der Waals surface area contributed by atoms with Gasteiger partial charge in [-0.25, -0.2) is 4.79 Å². The van der Waals surface area contributed by atoms with Gasteiger partial charge in [-0.3, -0.25) is 0 Å². The van der Waals surface area contributed by atoms with Gasteiger partial charge in [-0.05, 0) is 37.8 Å². The lowest BCUT2D eigenvalue weighted by Gasteiger charge is -2.23. The van der Waals surface area contributed by atoms with Crippen LogP contribution in [0.1, 0.15) is 43.4 Å². The molecule has 2 aromatic rings. The Bertz CT molecular complexity index is 886. The highest BCUT2D eigenvalue weighted by atomic mass is 32.1. The van der Waals surface area contributed by atoms with Gasteiger partial charge in [-0.1, -0.05) is 0 Å². The topological polar surface area (TPSA) is 85.3 Å². The van der Waals surface area contributed by atoms with Crippen LogP contribution in [0.4, 0.5) is 0 Å². The number of esters is 1. The summed E-state index contributed by atoms with van der Waals surface area (Å²) in [6.45, 7) is 5.88. The van der Waals surface area contributed by atoms with Crippen molar-refractivity contribution in [3.8, 4) is 11.8 Å². The van der Waals surface area contributed by atoms with Crippen LogP contribution in [0.3, 0.4) is 0 Å². The molecule has 24 heavy (non-hydrogen) atoms. The van der Waals surface area contributed by atoms with E-state index in [1.165, 1.54) is 11.3 Å². The molecule has 1 unspecified atom stereocenters. The summed E-state index contributed by atoms with van der Waals surface area (Å²) in [5, 5.41) is 11.6. The van der Waals surface area contributed by atoms with E-state index in [-0.39, 0.29) is 18.4 Å². The zero-order chi connectivity index (χ0) is 17.4. The second-order valence-corrected chi connectivity index (χ2v) is 7.54. The monoisotopic (exact) mass is 360 g/mol. The average Bonchev–Trinajstić information content (AvgIpc) is 3.08. The van der Waals surface area contributed by atoms with Crippen molar-refractivity contribution in [2.24, 2.45) is 5.73 Å². The molecule has 3 heterocycles. The number of allylic oxidation sites excluding steroid dienone is 1. The fraction of sp³-hybridized carbons (Fsp3) is 0.294. The molecule has 0 saturated heterocycles. The number of fused-ring (bicyclic) bond motifs is 1. The lowest BCUT2D eigenvalue weighted by Crippen LogP contribution is -2.21. The molecule has 0 spiro atoms. The van der Waals surface area contributed by atoms with Crippen molar-refractivity contribution in [1.82, 2.24) is 0 Å². The smallest absolute Gasteiger partial charge is 0.343 e. The molecule has 0 radical (unpaired) electrons. The highest BCUT2D eigenvalue weighted by molar-refractivity contribution is 7.13. The lowest BCUT2D eigenvalue weighted by molar-refractivity contribution is 0.0522. The number of thiophene rings is 2. The largest absolute Gasteiger partial charge is 0.462 e. The minimum Gasteiger partial charge on any atom is -0.462 e. The molecule has 1 aliphatic rings. The predicted octanol–water partition coefficient (Wildman–Crippen LogP) is 3.82. The number of aryl methyl sites for hydroxylation is 2.